The molecule has 2 atom stereocenters. The van der Waals surface area contributed by atoms with Crippen LogP contribution in [0.2, 0.25) is 5.02 Å². The summed E-state index contributed by atoms with van der Waals surface area (Å²) in [5, 5.41) is 4.24. The maximum absolute atomic E-state index is 5.98. The maximum Gasteiger partial charge on any atom is 0.0406 e. The molecule has 0 saturated carbocycles. The van der Waals surface area contributed by atoms with Crippen molar-refractivity contribution in [3.63, 3.8) is 0 Å². The number of hydrogen-bond acceptors (Lipinski definition) is 2. The minimum Gasteiger partial charge on any atom is -0.313 e. The van der Waals surface area contributed by atoms with E-state index < -0.39 is 0 Å². The van der Waals surface area contributed by atoms with E-state index in [2.05, 4.69) is 43.1 Å². The molecule has 2 nitrogen and oxygen atoms in total. The zero-order valence-corrected chi connectivity index (χ0v) is 14.8. The van der Waals surface area contributed by atoms with E-state index >= 15 is 0 Å². The summed E-state index contributed by atoms with van der Waals surface area (Å²) < 4.78 is 0. The van der Waals surface area contributed by atoms with Gasteiger partial charge in [0.2, 0.25) is 0 Å². The molecule has 0 amide bonds. The van der Waals surface area contributed by atoms with Crippen LogP contribution in [0.1, 0.15) is 58.1 Å². The Hall–Kier alpha value is -0.570. The van der Waals surface area contributed by atoms with E-state index in [1.807, 2.05) is 19.2 Å². The smallest absolute Gasteiger partial charge is 0.0406 e. The lowest BCUT2D eigenvalue weighted by molar-refractivity contribution is 0.191. The Morgan fingerprint density at radius 2 is 1.81 bits per heavy atom. The Balaban J connectivity index is 2.60. The topological polar surface area (TPSA) is 15.3 Å². The van der Waals surface area contributed by atoms with Gasteiger partial charge in [-0.1, -0.05) is 44.0 Å². The summed E-state index contributed by atoms with van der Waals surface area (Å²) in [6.07, 6.45) is 4.90. The Labute approximate surface area is 135 Å². The molecule has 0 spiro atoms. The molecule has 0 aliphatic heterocycles. The molecule has 0 aromatic heterocycles. The van der Waals surface area contributed by atoms with Crippen LogP contribution in [0.4, 0.5) is 0 Å². The predicted molar refractivity (Wildman–Crippen MR) is 94.1 cm³/mol. The van der Waals surface area contributed by atoms with Gasteiger partial charge >= 0.3 is 0 Å². The lowest BCUT2D eigenvalue weighted by atomic mass is 10.0. The van der Waals surface area contributed by atoms with Crippen molar-refractivity contribution in [2.24, 2.45) is 0 Å². The van der Waals surface area contributed by atoms with Crippen LogP contribution in [0, 0.1) is 0 Å². The Kier molecular flexibility index (Phi) is 8.98. The van der Waals surface area contributed by atoms with Gasteiger partial charge in [-0.25, -0.2) is 0 Å². The normalized spacial score (nSPS) is 14.4. The van der Waals surface area contributed by atoms with Gasteiger partial charge in [0, 0.05) is 23.7 Å². The quantitative estimate of drug-likeness (QED) is 0.662. The summed E-state index contributed by atoms with van der Waals surface area (Å²) >= 11 is 5.98. The van der Waals surface area contributed by atoms with Crippen LogP contribution >= 0.6 is 11.6 Å². The molecule has 0 heterocycles. The van der Waals surface area contributed by atoms with Crippen molar-refractivity contribution in [3.05, 3.63) is 34.9 Å². The lowest BCUT2D eigenvalue weighted by Crippen LogP contribution is -2.36. The van der Waals surface area contributed by atoms with Crippen LogP contribution in [0.5, 0.6) is 0 Å². The van der Waals surface area contributed by atoms with Crippen LogP contribution in [0.3, 0.4) is 0 Å². The summed E-state index contributed by atoms with van der Waals surface area (Å²) in [7, 11) is 2.04. The number of nitrogens with zero attached hydrogens (tertiary/aromatic N) is 1. The molecule has 0 saturated heterocycles. The molecule has 0 bridgehead atoms. The highest BCUT2D eigenvalue weighted by molar-refractivity contribution is 6.30. The summed E-state index contributed by atoms with van der Waals surface area (Å²) in [6, 6.07) is 9.27. The Bertz CT molecular complexity index is 377. The van der Waals surface area contributed by atoms with Crippen molar-refractivity contribution >= 4 is 11.6 Å². The monoisotopic (exact) mass is 310 g/mol. The van der Waals surface area contributed by atoms with E-state index in [4.69, 9.17) is 11.6 Å². The van der Waals surface area contributed by atoms with Crippen molar-refractivity contribution in [2.45, 2.75) is 58.5 Å². The summed E-state index contributed by atoms with van der Waals surface area (Å²) in [4.78, 5) is 2.63. The molecule has 1 aromatic carbocycles. The van der Waals surface area contributed by atoms with Gasteiger partial charge in [0.25, 0.3) is 0 Å². The number of hydrogen-bond donors (Lipinski definition) is 1. The molecular formula is C18H31ClN2. The van der Waals surface area contributed by atoms with Gasteiger partial charge in [-0.3, -0.25) is 0 Å². The van der Waals surface area contributed by atoms with Gasteiger partial charge < -0.3 is 10.2 Å². The zero-order chi connectivity index (χ0) is 15.7. The molecule has 2 unspecified atom stereocenters. The molecule has 1 rings (SSSR count). The molecule has 0 aliphatic carbocycles. The second-order valence-electron chi connectivity index (χ2n) is 5.83. The molecule has 0 fully saturated rings. The van der Waals surface area contributed by atoms with Gasteiger partial charge in [-0.2, -0.15) is 0 Å². The predicted octanol–water partition coefficient (Wildman–Crippen LogP) is 4.89. The van der Waals surface area contributed by atoms with Crippen molar-refractivity contribution < 1.29 is 0 Å². The van der Waals surface area contributed by atoms with E-state index in [-0.39, 0.29) is 0 Å². The number of nitrogens with one attached hydrogen (secondary N) is 1. The van der Waals surface area contributed by atoms with Crippen LogP contribution in [-0.4, -0.2) is 31.1 Å². The number of rotatable bonds is 10. The van der Waals surface area contributed by atoms with Crippen LogP contribution in [0.15, 0.2) is 24.3 Å². The highest BCUT2D eigenvalue weighted by Gasteiger charge is 2.15. The summed E-state index contributed by atoms with van der Waals surface area (Å²) in [5.41, 5.74) is 1.32. The molecular weight excluding hydrogens is 280 g/mol. The number of benzene rings is 1. The fourth-order valence-corrected chi connectivity index (χ4v) is 2.77. The third-order valence-electron chi connectivity index (χ3n) is 4.34. The summed E-state index contributed by atoms with van der Waals surface area (Å²) in [5.74, 6) is 0. The van der Waals surface area contributed by atoms with E-state index in [0.717, 1.165) is 18.0 Å². The third-order valence-corrected chi connectivity index (χ3v) is 4.59. The van der Waals surface area contributed by atoms with E-state index in [1.165, 1.54) is 31.4 Å². The Morgan fingerprint density at radius 1 is 1.14 bits per heavy atom. The van der Waals surface area contributed by atoms with Crippen molar-refractivity contribution in [1.82, 2.24) is 10.2 Å². The first-order valence-corrected chi connectivity index (χ1v) is 8.66. The van der Waals surface area contributed by atoms with E-state index in [9.17, 15) is 0 Å². The maximum atomic E-state index is 5.98. The van der Waals surface area contributed by atoms with E-state index in [0.29, 0.717) is 12.1 Å². The highest BCUT2D eigenvalue weighted by atomic mass is 35.5. The molecule has 120 valence electrons. The summed E-state index contributed by atoms with van der Waals surface area (Å²) in [6.45, 7) is 9.23. The van der Waals surface area contributed by atoms with Crippen LogP contribution < -0.4 is 5.32 Å². The molecule has 1 aromatic rings. The first-order chi connectivity index (χ1) is 10.1. The lowest BCUT2D eigenvalue weighted by Gasteiger charge is -2.30. The number of unbranched alkanes of at least 4 members (excludes halogenated alkanes) is 1. The highest BCUT2D eigenvalue weighted by Crippen LogP contribution is 2.20. The van der Waals surface area contributed by atoms with Crippen molar-refractivity contribution in [3.8, 4) is 0 Å². The fourth-order valence-electron chi connectivity index (χ4n) is 2.64. The van der Waals surface area contributed by atoms with Gasteiger partial charge in [-0.05, 0) is 57.5 Å². The molecule has 21 heavy (non-hydrogen) atoms. The average Bonchev–Trinajstić information content (AvgIpc) is 2.51. The van der Waals surface area contributed by atoms with Gasteiger partial charge in [-0.15, -0.1) is 0 Å². The largest absolute Gasteiger partial charge is 0.313 e. The fraction of sp³-hybridized carbons (Fsp3) is 0.667. The van der Waals surface area contributed by atoms with Gasteiger partial charge in [0.1, 0.15) is 0 Å². The second-order valence-corrected chi connectivity index (χ2v) is 6.26. The minimum atomic E-state index is 0.399. The van der Waals surface area contributed by atoms with E-state index in [1.54, 1.807) is 0 Å². The number of halogens is 1. The van der Waals surface area contributed by atoms with Gasteiger partial charge in [0.05, 0.1) is 0 Å². The third kappa shape index (κ3) is 6.37. The minimum absolute atomic E-state index is 0.399. The Morgan fingerprint density at radius 3 is 2.33 bits per heavy atom. The zero-order valence-electron chi connectivity index (χ0n) is 14.0. The SMILES string of the molecule is CCCCN(CCC(NC)c1ccc(Cl)cc1)C(C)CC. The van der Waals surface area contributed by atoms with Crippen LogP contribution in [0.25, 0.3) is 0 Å². The molecule has 1 N–H and O–H groups in total. The van der Waals surface area contributed by atoms with Crippen molar-refractivity contribution in [1.29, 1.82) is 0 Å². The first kappa shape index (κ1) is 18.5. The van der Waals surface area contributed by atoms with Gasteiger partial charge in [0.15, 0.2) is 0 Å². The molecule has 0 aliphatic rings. The van der Waals surface area contributed by atoms with Crippen molar-refractivity contribution in [2.75, 3.05) is 20.1 Å². The molecule has 3 heteroatoms. The first-order valence-electron chi connectivity index (χ1n) is 8.29. The standard InChI is InChI=1S/C18H31ClN2/c1-5-7-13-21(15(3)6-2)14-12-18(20-4)16-8-10-17(19)11-9-16/h8-11,15,18,20H,5-7,12-14H2,1-4H3. The second kappa shape index (κ2) is 10.2. The molecule has 0 radical (unpaired) electrons. The average molecular weight is 311 g/mol. The van der Waals surface area contributed by atoms with Crippen LogP contribution in [-0.2, 0) is 0 Å².